The van der Waals surface area contributed by atoms with Crippen molar-refractivity contribution in [2.24, 2.45) is 4.40 Å². The zero-order valence-corrected chi connectivity index (χ0v) is 16.9. The summed E-state index contributed by atoms with van der Waals surface area (Å²) in [4.78, 5) is 0. The lowest BCUT2D eigenvalue weighted by Crippen LogP contribution is -2.32. The highest BCUT2D eigenvalue weighted by molar-refractivity contribution is 7.91. The van der Waals surface area contributed by atoms with Gasteiger partial charge in [0.1, 0.15) is 27.7 Å². The van der Waals surface area contributed by atoms with Gasteiger partial charge in [-0.3, -0.25) is 0 Å². The van der Waals surface area contributed by atoms with Gasteiger partial charge >= 0.3 is 12.4 Å². The van der Waals surface area contributed by atoms with Crippen LogP contribution in [0.5, 0.6) is 5.75 Å². The van der Waals surface area contributed by atoms with Gasteiger partial charge in [0.05, 0.1) is 6.61 Å². The zero-order valence-electron chi connectivity index (χ0n) is 16.1. The predicted octanol–water partition coefficient (Wildman–Crippen LogP) is 6.14. The van der Waals surface area contributed by atoms with Gasteiger partial charge in [-0.25, -0.2) is 4.39 Å². The summed E-state index contributed by atoms with van der Waals surface area (Å²) in [6.07, 6.45) is -9.72. The van der Waals surface area contributed by atoms with Crippen LogP contribution in [0.1, 0.15) is 52.0 Å². The van der Waals surface area contributed by atoms with Crippen LogP contribution < -0.4 is 4.74 Å². The van der Waals surface area contributed by atoms with E-state index in [1.54, 1.807) is 0 Å². The molecule has 0 aliphatic rings. The van der Waals surface area contributed by atoms with E-state index in [0.29, 0.717) is 0 Å². The van der Waals surface area contributed by atoms with Crippen molar-refractivity contribution in [1.82, 2.24) is 0 Å². The Morgan fingerprint density at radius 1 is 1.03 bits per heavy atom. The molecule has 1 rings (SSSR count). The molecule has 166 valence electrons. The van der Waals surface area contributed by atoms with Gasteiger partial charge in [-0.05, 0) is 52.2 Å². The molecule has 1 atom stereocenters. The third-order valence-corrected chi connectivity index (χ3v) is 4.93. The Bertz CT molecular complexity index is 697. The zero-order chi connectivity index (χ0) is 22.5. The summed E-state index contributed by atoms with van der Waals surface area (Å²) >= 11 is -2.25. The molecular weight excluding hydrogens is 427 g/mol. The van der Waals surface area contributed by atoms with Crippen molar-refractivity contribution < 1.29 is 40.0 Å². The molecule has 0 N–H and O–H groups in total. The number of nitrogens with zero attached hydrogens (tertiary/aromatic N) is 1. The Morgan fingerprint density at radius 2 is 1.66 bits per heavy atom. The molecule has 0 saturated carbocycles. The topological polar surface area (TPSA) is 44.7 Å². The van der Waals surface area contributed by atoms with Gasteiger partial charge < -0.3 is 9.29 Å². The first-order valence-corrected chi connectivity index (χ1v) is 9.79. The van der Waals surface area contributed by atoms with Crippen molar-refractivity contribution in [3.05, 3.63) is 29.6 Å². The molecule has 11 heteroatoms. The summed E-state index contributed by atoms with van der Waals surface area (Å²) in [5, 5.41) is 0. The highest BCUT2D eigenvalue weighted by Gasteiger charge is 2.42. The maximum atomic E-state index is 14.3. The first-order chi connectivity index (χ1) is 13.1. The fourth-order valence-electron chi connectivity index (χ4n) is 2.05. The third kappa shape index (κ3) is 9.24. The molecule has 29 heavy (non-hydrogen) atoms. The van der Waals surface area contributed by atoms with Crippen LogP contribution in [-0.4, -0.2) is 34.0 Å². The second-order valence-corrected chi connectivity index (χ2v) is 9.12. The SMILES string of the molecule is CC(C)(C)[S+]([O-])/N=C(\c1ccc(OCCCCCC(F)(F)F)cc1F)C(F)(F)F. The number of halogens is 7. The largest absolute Gasteiger partial charge is 0.591 e. The van der Waals surface area contributed by atoms with E-state index in [2.05, 4.69) is 4.40 Å². The summed E-state index contributed by atoms with van der Waals surface area (Å²) in [5.41, 5.74) is -2.46. The van der Waals surface area contributed by atoms with Crippen molar-refractivity contribution in [2.45, 2.75) is 63.6 Å². The summed E-state index contributed by atoms with van der Waals surface area (Å²) in [6.45, 7) is 4.29. The van der Waals surface area contributed by atoms with E-state index in [1.165, 1.54) is 20.8 Å². The Morgan fingerprint density at radius 3 is 2.14 bits per heavy atom. The van der Waals surface area contributed by atoms with Gasteiger partial charge in [0.15, 0.2) is 0 Å². The summed E-state index contributed by atoms with van der Waals surface area (Å²) in [7, 11) is 0. The van der Waals surface area contributed by atoms with E-state index in [1.807, 2.05) is 0 Å². The molecule has 0 fully saturated rings. The normalized spacial score (nSPS) is 14.8. The molecule has 0 aromatic heterocycles. The summed E-state index contributed by atoms with van der Waals surface area (Å²) in [6, 6.07) is 2.64. The summed E-state index contributed by atoms with van der Waals surface area (Å²) in [5.74, 6) is -1.33. The highest BCUT2D eigenvalue weighted by Crippen LogP contribution is 2.29. The van der Waals surface area contributed by atoms with Crippen molar-refractivity contribution >= 4 is 17.1 Å². The number of unbranched alkanes of at least 4 members (excludes halogenated alkanes) is 2. The molecule has 1 aromatic carbocycles. The molecule has 1 aromatic rings. The van der Waals surface area contributed by atoms with Gasteiger partial charge in [-0.2, -0.15) is 26.3 Å². The van der Waals surface area contributed by atoms with Crippen LogP contribution in [0, 0.1) is 5.82 Å². The van der Waals surface area contributed by atoms with Crippen LogP contribution in [0.25, 0.3) is 0 Å². The van der Waals surface area contributed by atoms with Crippen molar-refractivity contribution in [1.29, 1.82) is 0 Å². The fraction of sp³-hybridized carbons (Fsp3) is 0.611. The molecule has 0 saturated heterocycles. The lowest BCUT2D eigenvalue weighted by atomic mass is 10.1. The Hall–Kier alpha value is -1.49. The molecule has 0 aliphatic carbocycles. The number of hydrogen-bond acceptors (Lipinski definition) is 3. The van der Waals surface area contributed by atoms with Crippen LogP contribution in [0.3, 0.4) is 0 Å². The minimum absolute atomic E-state index is 0.00903. The third-order valence-electron chi connectivity index (χ3n) is 3.54. The maximum Gasteiger partial charge on any atom is 0.438 e. The maximum absolute atomic E-state index is 14.3. The lowest BCUT2D eigenvalue weighted by Gasteiger charge is -2.20. The Labute approximate surface area is 167 Å². The Kier molecular flexibility index (Phi) is 8.82. The minimum Gasteiger partial charge on any atom is -0.591 e. The van der Waals surface area contributed by atoms with Crippen LogP contribution in [0.4, 0.5) is 30.7 Å². The van der Waals surface area contributed by atoms with Crippen LogP contribution in [0.2, 0.25) is 0 Å². The van der Waals surface area contributed by atoms with Gasteiger partial charge in [-0.1, -0.05) is 4.40 Å². The van der Waals surface area contributed by atoms with E-state index < -0.39 is 52.0 Å². The smallest absolute Gasteiger partial charge is 0.438 e. The molecular formula is C18H22F7NO2S. The van der Waals surface area contributed by atoms with Crippen molar-refractivity contribution in [2.75, 3.05) is 6.61 Å². The molecule has 0 radical (unpaired) electrons. The predicted molar refractivity (Wildman–Crippen MR) is 96.9 cm³/mol. The first kappa shape index (κ1) is 25.5. The molecule has 0 amide bonds. The standard InChI is InChI=1S/C18H22F7NO2S/c1-16(2,3)29(27)26-15(18(23,24)25)13-8-7-12(11-14(13)19)28-10-6-4-5-9-17(20,21)22/h7-8,11H,4-6,9-10H2,1-3H3/b26-15+. The lowest BCUT2D eigenvalue weighted by molar-refractivity contribution is -0.135. The Balaban J connectivity index is 2.83. The summed E-state index contributed by atoms with van der Waals surface area (Å²) < 4.78 is 109. The second-order valence-electron chi connectivity index (χ2n) is 7.22. The number of rotatable bonds is 8. The molecule has 0 spiro atoms. The average Bonchev–Trinajstić information content (AvgIpc) is 2.53. The molecule has 0 bridgehead atoms. The number of ether oxygens (including phenoxy) is 1. The van der Waals surface area contributed by atoms with Crippen LogP contribution >= 0.6 is 0 Å². The van der Waals surface area contributed by atoms with Gasteiger partial charge in [0.25, 0.3) is 0 Å². The van der Waals surface area contributed by atoms with E-state index >= 15 is 0 Å². The van der Waals surface area contributed by atoms with Crippen LogP contribution in [-0.2, 0) is 11.4 Å². The fourth-order valence-corrected chi connectivity index (χ4v) is 2.69. The van der Waals surface area contributed by atoms with E-state index in [0.717, 1.165) is 18.2 Å². The number of alkyl halides is 6. The molecule has 1 unspecified atom stereocenters. The molecule has 0 heterocycles. The quantitative estimate of drug-likeness (QED) is 0.207. The van der Waals surface area contributed by atoms with E-state index in [-0.39, 0.29) is 31.6 Å². The van der Waals surface area contributed by atoms with Gasteiger partial charge in [0, 0.05) is 18.1 Å². The highest BCUT2D eigenvalue weighted by atomic mass is 32.2. The monoisotopic (exact) mass is 449 g/mol. The van der Waals surface area contributed by atoms with Gasteiger partial charge in [0.2, 0.25) is 5.71 Å². The minimum atomic E-state index is -5.03. The van der Waals surface area contributed by atoms with E-state index in [9.17, 15) is 35.3 Å². The average molecular weight is 449 g/mol. The molecule has 0 aliphatic heterocycles. The molecule has 3 nitrogen and oxygen atoms in total. The number of benzene rings is 1. The van der Waals surface area contributed by atoms with E-state index in [4.69, 9.17) is 4.74 Å². The van der Waals surface area contributed by atoms with Crippen LogP contribution in [0.15, 0.2) is 22.6 Å². The van der Waals surface area contributed by atoms with Gasteiger partial charge in [-0.15, -0.1) is 0 Å². The first-order valence-electron chi connectivity index (χ1n) is 8.68. The van der Waals surface area contributed by atoms with Crippen molar-refractivity contribution in [3.8, 4) is 5.75 Å². The van der Waals surface area contributed by atoms with Crippen molar-refractivity contribution in [3.63, 3.8) is 0 Å². The second kappa shape index (κ2) is 10.0. The number of hydrogen-bond donors (Lipinski definition) is 0.